The number of aliphatic hydroxyl groups is 1. The van der Waals surface area contributed by atoms with Crippen LogP contribution < -0.4 is 10.2 Å². The number of rotatable bonds is 4. The average Bonchev–Trinajstić information content (AvgIpc) is 3.12. The number of anilines is 2. The van der Waals surface area contributed by atoms with Gasteiger partial charge in [0.25, 0.3) is 5.91 Å². The number of furan rings is 1. The zero-order valence-corrected chi connectivity index (χ0v) is 13.3. The Kier molecular flexibility index (Phi) is 4.82. The maximum Gasteiger partial charge on any atom is 0.291 e. The van der Waals surface area contributed by atoms with Gasteiger partial charge in [0.05, 0.1) is 18.0 Å². The highest BCUT2D eigenvalue weighted by Gasteiger charge is 2.18. The molecule has 0 spiro atoms. The maximum atomic E-state index is 12.4. The molecule has 0 saturated carbocycles. The number of nitrogens with one attached hydrogen (secondary N) is 1. The molecule has 6 heteroatoms. The van der Waals surface area contributed by atoms with E-state index in [-0.39, 0.29) is 18.1 Å². The SMILES string of the molecule is N#Cc1ccc(C(=O)Nc2cc(CO)ccc2N2CCCCC2)o1. The zero-order chi connectivity index (χ0) is 16.9. The van der Waals surface area contributed by atoms with Crippen LogP contribution in [-0.4, -0.2) is 24.1 Å². The molecular weight excluding hydrogens is 306 g/mol. The largest absolute Gasteiger partial charge is 0.440 e. The topological polar surface area (TPSA) is 89.5 Å². The minimum atomic E-state index is -0.412. The van der Waals surface area contributed by atoms with E-state index in [2.05, 4.69) is 10.2 Å². The number of amides is 1. The summed E-state index contributed by atoms with van der Waals surface area (Å²) >= 11 is 0. The first-order chi connectivity index (χ1) is 11.7. The van der Waals surface area contributed by atoms with E-state index >= 15 is 0 Å². The van der Waals surface area contributed by atoms with E-state index in [9.17, 15) is 9.90 Å². The second-order valence-electron chi connectivity index (χ2n) is 5.79. The molecule has 1 aliphatic rings. The molecule has 1 aromatic heterocycles. The summed E-state index contributed by atoms with van der Waals surface area (Å²) < 4.78 is 5.17. The molecule has 2 N–H and O–H groups in total. The molecule has 124 valence electrons. The van der Waals surface area contributed by atoms with Crippen LogP contribution in [0, 0.1) is 11.3 Å². The monoisotopic (exact) mass is 325 g/mol. The molecule has 6 nitrogen and oxygen atoms in total. The van der Waals surface area contributed by atoms with Crippen molar-refractivity contribution in [3.05, 3.63) is 47.4 Å². The molecular formula is C18H19N3O3. The summed E-state index contributed by atoms with van der Waals surface area (Å²) in [6.07, 6.45) is 3.47. The fourth-order valence-corrected chi connectivity index (χ4v) is 2.90. The van der Waals surface area contributed by atoms with Gasteiger partial charge in [0.15, 0.2) is 5.76 Å². The van der Waals surface area contributed by atoms with Gasteiger partial charge in [-0.15, -0.1) is 0 Å². The molecule has 2 aromatic rings. The standard InChI is InChI=1S/C18H19N3O3/c19-11-14-5-7-17(24-14)18(23)20-15-10-13(12-22)4-6-16(15)21-8-2-1-3-9-21/h4-7,10,22H,1-3,8-9,12H2,(H,20,23). The molecule has 0 aliphatic carbocycles. The minimum Gasteiger partial charge on any atom is -0.440 e. The van der Waals surface area contributed by atoms with Crippen molar-refractivity contribution in [1.29, 1.82) is 5.26 Å². The van der Waals surface area contributed by atoms with Crippen molar-refractivity contribution in [2.24, 2.45) is 0 Å². The average molecular weight is 325 g/mol. The molecule has 3 rings (SSSR count). The second kappa shape index (κ2) is 7.20. The van der Waals surface area contributed by atoms with Gasteiger partial charge in [-0.2, -0.15) is 5.26 Å². The summed E-state index contributed by atoms with van der Waals surface area (Å²) in [5.74, 6) is -0.226. The highest BCUT2D eigenvalue weighted by atomic mass is 16.3. The number of carbonyl (C=O) groups is 1. The predicted octanol–water partition coefficient (Wildman–Crippen LogP) is 2.89. The molecule has 0 atom stereocenters. The van der Waals surface area contributed by atoms with Crippen molar-refractivity contribution < 1.29 is 14.3 Å². The Morgan fingerprint density at radius 2 is 2.04 bits per heavy atom. The third-order valence-electron chi connectivity index (χ3n) is 4.13. The Morgan fingerprint density at radius 1 is 1.25 bits per heavy atom. The van der Waals surface area contributed by atoms with Gasteiger partial charge in [0.1, 0.15) is 6.07 Å². The van der Waals surface area contributed by atoms with Crippen LogP contribution >= 0.6 is 0 Å². The number of nitrogens with zero attached hydrogens (tertiary/aromatic N) is 2. The number of aliphatic hydroxyl groups excluding tert-OH is 1. The first-order valence-electron chi connectivity index (χ1n) is 8.01. The smallest absolute Gasteiger partial charge is 0.291 e. The highest BCUT2D eigenvalue weighted by molar-refractivity contribution is 6.04. The van der Waals surface area contributed by atoms with E-state index in [1.807, 2.05) is 18.2 Å². The maximum absolute atomic E-state index is 12.4. The molecule has 1 amide bonds. The van der Waals surface area contributed by atoms with Gasteiger partial charge >= 0.3 is 0 Å². The molecule has 1 fully saturated rings. The molecule has 2 heterocycles. The summed E-state index contributed by atoms with van der Waals surface area (Å²) in [5, 5.41) is 21.0. The summed E-state index contributed by atoms with van der Waals surface area (Å²) in [7, 11) is 0. The minimum absolute atomic E-state index is 0.0885. The third-order valence-corrected chi connectivity index (χ3v) is 4.13. The van der Waals surface area contributed by atoms with Crippen LogP contribution in [0.4, 0.5) is 11.4 Å². The van der Waals surface area contributed by atoms with Crippen molar-refractivity contribution in [3.63, 3.8) is 0 Å². The first kappa shape index (κ1) is 16.1. The van der Waals surface area contributed by atoms with Crippen LogP contribution in [0.15, 0.2) is 34.7 Å². The van der Waals surface area contributed by atoms with E-state index in [1.165, 1.54) is 18.6 Å². The van der Waals surface area contributed by atoms with Crippen LogP contribution in [0.25, 0.3) is 0 Å². The molecule has 0 bridgehead atoms. The van der Waals surface area contributed by atoms with Gasteiger partial charge in [0, 0.05) is 13.1 Å². The Morgan fingerprint density at radius 3 is 2.71 bits per heavy atom. The fourth-order valence-electron chi connectivity index (χ4n) is 2.90. The molecule has 1 aromatic carbocycles. The van der Waals surface area contributed by atoms with E-state index < -0.39 is 5.91 Å². The number of benzene rings is 1. The Hall–Kier alpha value is -2.78. The lowest BCUT2D eigenvalue weighted by Crippen LogP contribution is -2.30. The molecule has 0 unspecified atom stereocenters. The van der Waals surface area contributed by atoms with Gasteiger partial charge in [0.2, 0.25) is 5.76 Å². The van der Waals surface area contributed by atoms with Gasteiger partial charge in [-0.05, 0) is 49.1 Å². The number of nitriles is 1. The van der Waals surface area contributed by atoms with Crippen molar-refractivity contribution in [2.45, 2.75) is 25.9 Å². The van der Waals surface area contributed by atoms with Crippen LogP contribution in [0.5, 0.6) is 0 Å². The predicted molar refractivity (Wildman–Crippen MR) is 89.8 cm³/mol. The summed E-state index contributed by atoms with van der Waals surface area (Å²) in [5.41, 5.74) is 2.30. The summed E-state index contributed by atoms with van der Waals surface area (Å²) in [4.78, 5) is 14.6. The van der Waals surface area contributed by atoms with Crippen molar-refractivity contribution in [3.8, 4) is 6.07 Å². The molecule has 0 radical (unpaired) electrons. The number of piperidine rings is 1. The normalized spacial score (nSPS) is 14.2. The van der Waals surface area contributed by atoms with Crippen molar-refractivity contribution >= 4 is 17.3 Å². The molecule has 1 saturated heterocycles. The van der Waals surface area contributed by atoms with Gasteiger partial charge < -0.3 is 19.7 Å². The lowest BCUT2D eigenvalue weighted by Gasteiger charge is -2.30. The van der Waals surface area contributed by atoms with Crippen LogP contribution in [-0.2, 0) is 6.61 Å². The van der Waals surface area contributed by atoms with Crippen molar-refractivity contribution in [1.82, 2.24) is 0 Å². The van der Waals surface area contributed by atoms with Gasteiger partial charge in [-0.1, -0.05) is 6.07 Å². The van der Waals surface area contributed by atoms with E-state index in [1.54, 1.807) is 6.07 Å². The highest BCUT2D eigenvalue weighted by Crippen LogP contribution is 2.30. The number of carbonyl (C=O) groups excluding carboxylic acids is 1. The van der Waals surface area contributed by atoms with Crippen LogP contribution in [0.2, 0.25) is 0 Å². The zero-order valence-electron chi connectivity index (χ0n) is 13.3. The number of hydrogen-bond donors (Lipinski definition) is 2. The lowest BCUT2D eigenvalue weighted by atomic mass is 10.1. The lowest BCUT2D eigenvalue weighted by molar-refractivity contribution is 0.0996. The Bertz CT molecular complexity index is 770. The number of hydrogen-bond acceptors (Lipinski definition) is 5. The molecule has 1 aliphatic heterocycles. The first-order valence-corrected chi connectivity index (χ1v) is 8.01. The molecule has 24 heavy (non-hydrogen) atoms. The second-order valence-corrected chi connectivity index (χ2v) is 5.79. The van der Waals surface area contributed by atoms with Gasteiger partial charge in [-0.25, -0.2) is 0 Å². The van der Waals surface area contributed by atoms with Gasteiger partial charge in [-0.3, -0.25) is 4.79 Å². The summed E-state index contributed by atoms with van der Waals surface area (Å²) in [6.45, 7) is 1.80. The van der Waals surface area contributed by atoms with Crippen LogP contribution in [0.3, 0.4) is 0 Å². The Labute approximate surface area is 140 Å². The van der Waals surface area contributed by atoms with E-state index in [0.29, 0.717) is 5.69 Å². The third kappa shape index (κ3) is 3.42. The van der Waals surface area contributed by atoms with E-state index in [0.717, 1.165) is 37.2 Å². The quantitative estimate of drug-likeness (QED) is 0.902. The van der Waals surface area contributed by atoms with Crippen LogP contribution in [0.1, 0.15) is 41.1 Å². The van der Waals surface area contributed by atoms with Crippen molar-refractivity contribution in [2.75, 3.05) is 23.3 Å². The fraction of sp³-hybridized carbons (Fsp3) is 0.333. The summed E-state index contributed by atoms with van der Waals surface area (Å²) in [6, 6.07) is 10.4. The Balaban J connectivity index is 1.87. The van der Waals surface area contributed by atoms with E-state index in [4.69, 9.17) is 9.68 Å².